The number of carbonyl (C=O) groups excluding carboxylic acids is 1. The van der Waals surface area contributed by atoms with Crippen molar-refractivity contribution in [2.75, 3.05) is 25.8 Å². The average Bonchev–Trinajstić information content (AvgIpc) is 3.10. The molecule has 0 saturated carbocycles. The van der Waals surface area contributed by atoms with Gasteiger partial charge in [0.2, 0.25) is 6.79 Å². The van der Waals surface area contributed by atoms with Gasteiger partial charge in [-0.2, -0.15) is 0 Å². The van der Waals surface area contributed by atoms with Gasteiger partial charge in [0.15, 0.2) is 18.1 Å². The Kier molecular flexibility index (Phi) is 5.03. The summed E-state index contributed by atoms with van der Waals surface area (Å²) < 4.78 is 15.6. The lowest BCUT2D eigenvalue weighted by molar-refractivity contribution is -0.120. The Morgan fingerprint density at radius 1 is 1.16 bits per heavy atom. The highest BCUT2D eigenvalue weighted by atomic mass is 16.7. The molecule has 7 nitrogen and oxygen atoms in total. The summed E-state index contributed by atoms with van der Waals surface area (Å²) in [5.41, 5.74) is 2.13. The van der Waals surface area contributed by atoms with Crippen molar-refractivity contribution in [1.29, 1.82) is 0 Å². The van der Waals surface area contributed by atoms with E-state index in [2.05, 4.69) is 10.5 Å². The summed E-state index contributed by atoms with van der Waals surface area (Å²) in [5.74, 6) is 1.80. The molecule has 1 aliphatic rings. The van der Waals surface area contributed by atoms with Crippen molar-refractivity contribution in [1.82, 2.24) is 0 Å². The predicted octanol–water partition coefficient (Wildman–Crippen LogP) is 2.80. The van der Waals surface area contributed by atoms with E-state index in [9.17, 15) is 4.79 Å². The van der Waals surface area contributed by atoms with Crippen molar-refractivity contribution in [3.8, 4) is 17.2 Å². The van der Waals surface area contributed by atoms with E-state index in [0.29, 0.717) is 22.9 Å². The molecule has 1 amide bonds. The predicted molar refractivity (Wildman–Crippen MR) is 92.4 cm³/mol. The molecule has 1 aliphatic heterocycles. The number of benzene rings is 2. The highest BCUT2D eigenvalue weighted by Gasteiger charge is 2.14. The van der Waals surface area contributed by atoms with E-state index in [4.69, 9.17) is 19.0 Å². The van der Waals surface area contributed by atoms with Crippen molar-refractivity contribution in [2.24, 2.45) is 5.16 Å². The fraction of sp³-hybridized carbons (Fsp3) is 0.222. The summed E-state index contributed by atoms with van der Waals surface area (Å²) in [6.45, 7) is 1.82. The molecule has 3 rings (SSSR count). The maximum atomic E-state index is 11.9. The Bertz CT molecular complexity index is 787. The van der Waals surface area contributed by atoms with E-state index in [1.165, 1.54) is 0 Å². The number of hydrogen-bond acceptors (Lipinski definition) is 6. The van der Waals surface area contributed by atoms with Crippen molar-refractivity contribution < 1.29 is 23.8 Å². The van der Waals surface area contributed by atoms with Gasteiger partial charge in [0.1, 0.15) is 5.75 Å². The summed E-state index contributed by atoms with van der Waals surface area (Å²) in [5, 5.41) is 6.68. The number of anilines is 1. The Morgan fingerprint density at radius 2 is 1.92 bits per heavy atom. The molecule has 2 aromatic rings. The number of ether oxygens (including phenoxy) is 3. The van der Waals surface area contributed by atoms with Gasteiger partial charge >= 0.3 is 0 Å². The summed E-state index contributed by atoms with van der Waals surface area (Å²) in [7, 11) is 1.59. The topological polar surface area (TPSA) is 78.4 Å². The Hall–Kier alpha value is -3.22. The molecule has 7 heteroatoms. The highest BCUT2D eigenvalue weighted by Crippen LogP contribution is 2.32. The van der Waals surface area contributed by atoms with E-state index >= 15 is 0 Å². The maximum absolute atomic E-state index is 11.9. The van der Waals surface area contributed by atoms with E-state index < -0.39 is 0 Å². The minimum absolute atomic E-state index is 0.187. The summed E-state index contributed by atoms with van der Waals surface area (Å²) in [6, 6.07) is 12.5. The second kappa shape index (κ2) is 7.57. The van der Waals surface area contributed by atoms with Crippen LogP contribution < -0.4 is 19.5 Å². The third kappa shape index (κ3) is 4.20. The summed E-state index contributed by atoms with van der Waals surface area (Å²) in [4.78, 5) is 17.0. The van der Waals surface area contributed by atoms with E-state index in [1.807, 2.05) is 18.2 Å². The van der Waals surface area contributed by atoms with Gasteiger partial charge in [0.25, 0.3) is 5.91 Å². The smallest absolute Gasteiger partial charge is 0.265 e. The molecular formula is C18H18N2O5. The van der Waals surface area contributed by atoms with Crippen LogP contribution in [0.2, 0.25) is 0 Å². The Balaban J connectivity index is 1.52. The molecular weight excluding hydrogens is 324 g/mol. The first-order valence-electron chi connectivity index (χ1n) is 7.66. The van der Waals surface area contributed by atoms with Crippen LogP contribution in [0.3, 0.4) is 0 Å². The highest BCUT2D eigenvalue weighted by molar-refractivity contribution is 5.99. The van der Waals surface area contributed by atoms with Crippen LogP contribution in [0.1, 0.15) is 12.5 Å². The van der Waals surface area contributed by atoms with Crippen molar-refractivity contribution in [3.63, 3.8) is 0 Å². The maximum Gasteiger partial charge on any atom is 0.265 e. The fourth-order valence-electron chi connectivity index (χ4n) is 2.23. The zero-order chi connectivity index (χ0) is 17.6. The molecule has 0 radical (unpaired) electrons. The zero-order valence-corrected chi connectivity index (χ0v) is 13.9. The van der Waals surface area contributed by atoms with Crippen molar-refractivity contribution in [2.45, 2.75) is 6.92 Å². The monoisotopic (exact) mass is 342 g/mol. The number of oxime groups is 1. The first-order chi connectivity index (χ1) is 12.2. The lowest BCUT2D eigenvalue weighted by Gasteiger charge is -2.06. The van der Waals surface area contributed by atoms with Crippen LogP contribution >= 0.6 is 0 Å². The number of methoxy groups -OCH3 is 1. The minimum Gasteiger partial charge on any atom is -0.497 e. The van der Waals surface area contributed by atoms with Crippen LogP contribution in [-0.4, -0.2) is 32.1 Å². The molecule has 0 atom stereocenters. The van der Waals surface area contributed by atoms with Crippen LogP contribution in [0.25, 0.3) is 0 Å². The number of hydrogen-bond donors (Lipinski definition) is 1. The lowest BCUT2D eigenvalue weighted by atomic mass is 10.1. The summed E-state index contributed by atoms with van der Waals surface area (Å²) >= 11 is 0. The number of amides is 1. The Labute approximate surface area is 145 Å². The third-order valence-electron chi connectivity index (χ3n) is 3.56. The number of nitrogens with zero attached hydrogens (tertiary/aromatic N) is 1. The molecule has 0 unspecified atom stereocenters. The number of nitrogens with one attached hydrogen (secondary N) is 1. The van der Waals surface area contributed by atoms with Gasteiger partial charge < -0.3 is 24.4 Å². The van der Waals surface area contributed by atoms with E-state index in [1.54, 1.807) is 38.3 Å². The van der Waals surface area contributed by atoms with Crippen LogP contribution in [-0.2, 0) is 9.63 Å². The van der Waals surface area contributed by atoms with Gasteiger partial charge in [0.05, 0.1) is 12.8 Å². The van der Waals surface area contributed by atoms with Crippen molar-refractivity contribution >= 4 is 17.3 Å². The Morgan fingerprint density at radius 3 is 2.68 bits per heavy atom. The SMILES string of the molecule is COc1ccc(NC(=O)CO/N=C(/C)c2ccc3c(c2)OCO3)cc1. The molecule has 1 N–H and O–H groups in total. The fourth-order valence-corrected chi connectivity index (χ4v) is 2.23. The van der Waals surface area contributed by atoms with Gasteiger partial charge in [-0.05, 0) is 49.4 Å². The molecule has 130 valence electrons. The largest absolute Gasteiger partial charge is 0.497 e. The molecule has 0 spiro atoms. The van der Waals surface area contributed by atoms with Crippen LogP contribution in [0.5, 0.6) is 17.2 Å². The number of rotatable bonds is 6. The van der Waals surface area contributed by atoms with Crippen LogP contribution in [0, 0.1) is 0 Å². The molecule has 2 aromatic carbocycles. The normalized spacial score (nSPS) is 12.6. The molecule has 0 fully saturated rings. The average molecular weight is 342 g/mol. The minimum atomic E-state index is -0.299. The summed E-state index contributed by atoms with van der Waals surface area (Å²) in [6.07, 6.45) is 0. The third-order valence-corrected chi connectivity index (χ3v) is 3.56. The molecule has 0 aromatic heterocycles. The van der Waals surface area contributed by atoms with Gasteiger partial charge in [-0.25, -0.2) is 0 Å². The van der Waals surface area contributed by atoms with Crippen molar-refractivity contribution in [3.05, 3.63) is 48.0 Å². The first kappa shape index (κ1) is 16.6. The molecule has 1 heterocycles. The van der Waals surface area contributed by atoms with Gasteiger partial charge in [0, 0.05) is 11.3 Å². The van der Waals surface area contributed by atoms with Crippen LogP contribution in [0.15, 0.2) is 47.6 Å². The second-order valence-electron chi connectivity index (χ2n) is 5.29. The van der Waals surface area contributed by atoms with Gasteiger partial charge in [-0.3, -0.25) is 4.79 Å². The number of carbonyl (C=O) groups is 1. The molecule has 0 bridgehead atoms. The zero-order valence-electron chi connectivity index (χ0n) is 13.9. The lowest BCUT2D eigenvalue weighted by Crippen LogP contribution is -2.17. The van der Waals surface area contributed by atoms with E-state index in [0.717, 1.165) is 11.3 Å². The molecule has 0 aliphatic carbocycles. The standard InChI is InChI=1S/C18H18N2O5/c1-12(13-3-8-16-17(9-13)24-11-23-16)20-25-10-18(21)19-14-4-6-15(22-2)7-5-14/h3-9H,10-11H2,1-2H3,(H,19,21)/b20-12-. The first-order valence-corrected chi connectivity index (χ1v) is 7.66. The quantitative estimate of drug-likeness (QED) is 0.645. The van der Waals surface area contributed by atoms with Gasteiger partial charge in [-0.1, -0.05) is 5.16 Å². The van der Waals surface area contributed by atoms with Gasteiger partial charge in [-0.15, -0.1) is 0 Å². The number of fused-ring (bicyclic) bond motifs is 1. The van der Waals surface area contributed by atoms with Crippen LogP contribution in [0.4, 0.5) is 5.69 Å². The molecule has 25 heavy (non-hydrogen) atoms. The second-order valence-corrected chi connectivity index (χ2v) is 5.29. The van der Waals surface area contributed by atoms with E-state index in [-0.39, 0.29) is 19.3 Å². The molecule has 0 saturated heterocycles.